The fourth-order valence-electron chi connectivity index (χ4n) is 2.82. The lowest BCUT2D eigenvalue weighted by molar-refractivity contribution is -0.384. The minimum absolute atomic E-state index is 0.0457. The molecule has 0 radical (unpaired) electrons. The van der Waals surface area contributed by atoms with Crippen molar-refractivity contribution in [2.24, 2.45) is 0 Å². The third-order valence-electron chi connectivity index (χ3n) is 4.00. The molecule has 0 bridgehead atoms. The maximum absolute atomic E-state index is 12.7. The van der Waals surface area contributed by atoms with Crippen LogP contribution in [0.15, 0.2) is 48.5 Å². The molecule has 0 spiro atoms. The van der Waals surface area contributed by atoms with Crippen LogP contribution in [0.5, 0.6) is 0 Å². The van der Waals surface area contributed by atoms with Crippen LogP contribution in [0.3, 0.4) is 0 Å². The van der Waals surface area contributed by atoms with Crippen LogP contribution in [0.1, 0.15) is 22.8 Å². The highest BCUT2D eigenvalue weighted by Crippen LogP contribution is 2.29. The van der Waals surface area contributed by atoms with Gasteiger partial charge in [0.05, 0.1) is 4.92 Å². The third-order valence-corrected chi connectivity index (χ3v) is 4.00. The van der Waals surface area contributed by atoms with Crippen molar-refractivity contribution in [2.45, 2.75) is 19.2 Å². The summed E-state index contributed by atoms with van der Waals surface area (Å²) >= 11 is 0. The average Bonchev–Trinajstić information content (AvgIpc) is 2.99. The van der Waals surface area contributed by atoms with Crippen LogP contribution in [0.4, 0.5) is 5.69 Å². The van der Waals surface area contributed by atoms with Gasteiger partial charge in [0.2, 0.25) is 0 Å². The first-order valence-electron chi connectivity index (χ1n) is 7.23. The van der Waals surface area contributed by atoms with E-state index < -0.39 is 11.0 Å². The predicted molar refractivity (Wildman–Crippen MR) is 83.5 cm³/mol. The number of carbonyl (C=O) groups is 1. The molecule has 0 saturated carbocycles. The number of ether oxygens (including phenoxy) is 1. The number of carbonyl (C=O) groups excluding carboxylic acids is 1. The van der Waals surface area contributed by atoms with Crippen molar-refractivity contribution in [2.75, 3.05) is 7.11 Å². The van der Waals surface area contributed by atoms with Gasteiger partial charge in [-0.2, -0.15) is 0 Å². The zero-order valence-corrected chi connectivity index (χ0v) is 12.6. The highest BCUT2D eigenvalue weighted by Gasteiger charge is 2.30. The zero-order valence-electron chi connectivity index (χ0n) is 12.6. The minimum atomic E-state index is -0.666. The van der Waals surface area contributed by atoms with Crippen LogP contribution < -0.4 is 0 Å². The van der Waals surface area contributed by atoms with E-state index in [9.17, 15) is 14.9 Å². The highest BCUT2D eigenvalue weighted by atomic mass is 16.6. The lowest BCUT2D eigenvalue weighted by atomic mass is 10.1. The summed E-state index contributed by atoms with van der Waals surface area (Å²) in [7, 11) is 1.50. The van der Waals surface area contributed by atoms with Crippen molar-refractivity contribution in [3.8, 4) is 0 Å². The van der Waals surface area contributed by atoms with Crippen LogP contribution in [-0.2, 0) is 22.6 Å². The molecular weight excluding hydrogens is 296 g/mol. The first kappa shape index (κ1) is 15.2. The van der Waals surface area contributed by atoms with E-state index in [0.717, 1.165) is 16.7 Å². The molecule has 23 heavy (non-hydrogen) atoms. The van der Waals surface area contributed by atoms with E-state index in [1.807, 2.05) is 30.3 Å². The van der Waals surface area contributed by atoms with Crippen LogP contribution in [0.2, 0.25) is 0 Å². The smallest absolute Gasteiger partial charge is 0.269 e. The van der Waals surface area contributed by atoms with E-state index in [2.05, 4.69) is 0 Å². The molecule has 0 saturated heterocycles. The largest absolute Gasteiger partial charge is 0.367 e. The molecule has 2 aromatic rings. The van der Waals surface area contributed by atoms with E-state index in [1.54, 1.807) is 11.0 Å². The van der Waals surface area contributed by atoms with E-state index in [4.69, 9.17) is 4.74 Å². The second-order valence-electron chi connectivity index (χ2n) is 5.43. The molecule has 118 valence electrons. The molecule has 1 heterocycles. The van der Waals surface area contributed by atoms with Gasteiger partial charge in [-0.25, -0.2) is 0 Å². The number of nitro benzene ring substituents is 1. The monoisotopic (exact) mass is 312 g/mol. The Morgan fingerprint density at radius 1 is 1.17 bits per heavy atom. The van der Waals surface area contributed by atoms with Crippen molar-refractivity contribution >= 4 is 11.6 Å². The van der Waals surface area contributed by atoms with Crippen molar-refractivity contribution in [3.05, 3.63) is 75.3 Å². The fraction of sp³-hybridized carbons (Fsp3) is 0.235. The Balaban J connectivity index is 1.80. The maximum Gasteiger partial charge on any atom is 0.269 e. The number of nitrogens with zero attached hydrogens (tertiary/aromatic N) is 2. The number of amides is 1. The second-order valence-corrected chi connectivity index (χ2v) is 5.43. The molecule has 1 aliphatic rings. The third kappa shape index (κ3) is 2.93. The van der Waals surface area contributed by atoms with Gasteiger partial charge in [-0.15, -0.1) is 0 Å². The van der Waals surface area contributed by atoms with E-state index in [1.165, 1.54) is 19.2 Å². The summed E-state index contributed by atoms with van der Waals surface area (Å²) in [4.78, 5) is 24.8. The lowest BCUT2D eigenvalue weighted by Gasteiger charge is -2.22. The minimum Gasteiger partial charge on any atom is -0.367 e. The topological polar surface area (TPSA) is 72.7 Å². The first-order chi connectivity index (χ1) is 11.1. The molecule has 1 amide bonds. The van der Waals surface area contributed by atoms with Gasteiger partial charge in [0.25, 0.3) is 11.6 Å². The quantitative estimate of drug-likeness (QED) is 0.643. The number of non-ortho nitro benzene ring substituents is 1. The summed E-state index contributed by atoms with van der Waals surface area (Å²) in [5.74, 6) is -0.141. The second kappa shape index (κ2) is 6.18. The maximum atomic E-state index is 12.7. The van der Waals surface area contributed by atoms with Gasteiger partial charge < -0.3 is 9.64 Å². The van der Waals surface area contributed by atoms with Gasteiger partial charge in [-0.1, -0.05) is 36.4 Å². The molecule has 6 heteroatoms. The fourth-order valence-corrected chi connectivity index (χ4v) is 2.82. The highest BCUT2D eigenvalue weighted by molar-refractivity contribution is 5.83. The number of nitro groups is 1. The number of hydrogen-bond acceptors (Lipinski definition) is 4. The number of hydrogen-bond donors (Lipinski definition) is 0. The molecule has 0 N–H and O–H groups in total. The van der Waals surface area contributed by atoms with Gasteiger partial charge in [-0.05, 0) is 16.7 Å². The van der Waals surface area contributed by atoms with Gasteiger partial charge in [0.1, 0.15) is 0 Å². The summed E-state index contributed by atoms with van der Waals surface area (Å²) in [5.41, 5.74) is 2.59. The lowest BCUT2D eigenvalue weighted by Crippen LogP contribution is -2.31. The van der Waals surface area contributed by atoms with Crippen LogP contribution in [0, 0.1) is 10.1 Å². The van der Waals surface area contributed by atoms with Crippen molar-refractivity contribution in [3.63, 3.8) is 0 Å². The number of rotatable bonds is 4. The average molecular weight is 312 g/mol. The summed E-state index contributed by atoms with van der Waals surface area (Å²) in [5, 5.41) is 10.9. The molecule has 0 aromatic heterocycles. The molecule has 1 atom stereocenters. The standard InChI is InChI=1S/C17H16N2O4/c1-23-16(12-5-3-2-4-6-12)17(20)18-10-13-7-8-15(19(21)22)9-14(13)11-18/h2-9,16H,10-11H2,1H3/t16-/m1/s1. The molecule has 0 unspecified atom stereocenters. The van der Waals surface area contributed by atoms with E-state index in [0.29, 0.717) is 13.1 Å². The van der Waals surface area contributed by atoms with E-state index >= 15 is 0 Å². The first-order valence-corrected chi connectivity index (χ1v) is 7.23. The normalized spacial score (nSPS) is 14.4. The molecular formula is C17H16N2O4. The molecule has 2 aromatic carbocycles. The van der Waals surface area contributed by atoms with Crippen molar-refractivity contribution in [1.82, 2.24) is 4.90 Å². The van der Waals surface area contributed by atoms with Gasteiger partial charge >= 0.3 is 0 Å². The summed E-state index contributed by atoms with van der Waals surface area (Å²) < 4.78 is 5.37. The number of methoxy groups -OCH3 is 1. The Hall–Kier alpha value is -2.73. The van der Waals surface area contributed by atoms with E-state index in [-0.39, 0.29) is 11.6 Å². The Labute approximate surface area is 133 Å². The molecule has 3 rings (SSSR count). The Kier molecular flexibility index (Phi) is 4.08. The summed E-state index contributed by atoms with van der Waals surface area (Å²) in [6.45, 7) is 0.807. The van der Waals surface area contributed by atoms with Crippen LogP contribution in [0.25, 0.3) is 0 Å². The Morgan fingerprint density at radius 2 is 1.87 bits per heavy atom. The predicted octanol–water partition coefficient (Wildman–Crippen LogP) is 2.82. The Bertz CT molecular complexity index is 746. The summed E-state index contributed by atoms with van der Waals surface area (Å²) in [6, 6.07) is 14.0. The Morgan fingerprint density at radius 3 is 2.52 bits per heavy atom. The van der Waals surface area contributed by atoms with Crippen LogP contribution >= 0.6 is 0 Å². The summed E-state index contributed by atoms with van der Waals surface area (Å²) in [6.07, 6.45) is -0.666. The number of fused-ring (bicyclic) bond motifs is 1. The number of benzene rings is 2. The van der Waals surface area contributed by atoms with Crippen LogP contribution in [-0.4, -0.2) is 22.8 Å². The zero-order chi connectivity index (χ0) is 16.4. The van der Waals surface area contributed by atoms with Gasteiger partial charge in [0.15, 0.2) is 6.10 Å². The molecule has 0 aliphatic carbocycles. The van der Waals surface area contributed by atoms with Crippen molar-refractivity contribution in [1.29, 1.82) is 0 Å². The van der Waals surface area contributed by atoms with Crippen molar-refractivity contribution < 1.29 is 14.5 Å². The SMILES string of the molecule is CO[C@@H](C(=O)N1Cc2ccc([N+](=O)[O-])cc2C1)c1ccccc1. The molecule has 6 nitrogen and oxygen atoms in total. The molecule has 0 fully saturated rings. The molecule has 1 aliphatic heterocycles. The van der Waals surface area contributed by atoms with Gasteiger partial charge in [0, 0.05) is 32.3 Å². The van der Waals surface area contributed by atoms with Gasteiger partial charge in [-0.3, -0.25) is 14.9 Å².